The third-order valence-electron chi connectivity index (χ3n) is 4.46. The van der Waals surface area contributed by atoms with Gasteiger partial charge in [0.15, 0.2) is 0 Å². The fourth-order valence-electron chi connectivity index (χ4n) is 2.93. The maximum atomic E-state index is 13.2. The van der Waals surface area contributed by atoms with E-state index in [0.29, 0.717) is 10.6 Å². The molecule has 2 amide bonds. The third-order valence-corrected chi connectivity index (χ3v) is 5.37. The van der Waals surface area contributed by atoms with E-state index >= 15 is 0 Å². The number of benzene rings is 2. The van der Waals surface area contributed by atoms with Gasteiger partial charge in [-0.05, 0) is 67.6 Å². The Hall–Kier alpha value is -2.80. The van der Waals surface area contributed by atoms with Gasteiger partial charge in [0.25, 0.3) is 11.1 Å². The third kappa shape index (κ3) is 4.54. The predicted molar refractivity (Wildman–Crippen MR) is 113 cm³/mol. The van der Waals surface area contributed by atoms with Gasteiger partial charge in [-0.3, -0.25) is 14.5 Å². The van der Waals surface area contributed by atoms with Crippen molar-refractivity contribution >= 4 is 40.4 Å². The molecule has 0 saturated carbocycles. The van der Waals surface area contributed by atoms with Crippen LogP contribution in [0.25, 0.3) is 6.08 Å². The van der Waals surface area contributed by atoms with Gasteiger partial charge < -0.3 is 10.2 Å². The van der Waals surface area contributed by atoms with Crippen LogP contribution < -0.4 is 10.2 Å². The molecule has 0 spiro atoms. The van der Waals surface area contributed by atoms with E-state index in [1.807, 2.05) is 24.3 Å². The smallest absolute Gasteiger partial charge is 0.295 e. The Labute approximate surface area is 168 Å². The summed E-state index contributed by atoms with van der Waals surface area (Å²) < 4.78 is 13.2. The Morgan fingerprint density at radius 3 is 2.46 bits per heavy atom. The molecule has 7 heteroatoms. The number of amides is 2. The van der Waals surface area contributed by atoms with E-state index in [4.69, 9.17) is 0 Å². The number of halogens is 1. The maximum Gasteiger partial charge on any atom is 0.295 e. The molecule has 2 aromatic rings. The minimum absolute atomic E-state index is 0.00758. The second-order valence-electron chi connectivity index (χ2n) is 6.22. The van der Waals surface area contributed by atoms with Crippen molar-refractivity contribution in [3.05, 3.63) is 64.8 Å². The van der Waals surface area contributed by atoms with Gasteiger partial charge >= 0.3 is 0 Å². The van der Waals surface area contributed by atoms with Crippen LogP contribution in [-0.2, 0) is 4.79 Å². The van der Waals surface area contributed by atoms with Gasteiger partial charge in [-0.25, -0.2) is 4.39 Å². The van der Waals surface area contributed by atoms with Crippen molar-refractivity contribution in [3.8, 4) is 0 Å². The van der Waals surface area contributed by atoms with Crippen LogP contribution in [0, 0.1) is 5.82 Å². The first-order chi connectivity index (χ1) is 13.5. The zero-order valence-corrected chi connectivity index (χ0v) is 16.6. The molecule has 1 heterocycles. The van der Waals surface area contributed by atoms with E-state index in [-0.39, 0.29) is 23.6 Å². The normalized spacial score (nSPS) is 15.4. The van der Waals surface area contributed by atoms with Crippen LogP contribution >= 0.6 is 11.8 Å². The number of carbonyl (C=O) groups is 2. The molecule has 1 aliphatic heterocycles. The number of nitrogens with zero attached hydrogens (tertiary/aromatic N) is 2. The van der Waals surface area contributed by atoms with Gasteiger partial charge in [0, 0.05) is 24.5 Å². The monoisotopic (exact) mass is 399 g/mol. The van der Waals surface area contributed by atoms with Gasteiger partial charge in [0.05, 0.1) is 11.6 Å². The summed E-state index contributed by atoms with van der Waals surface area (Å²) in [6.45, 7) is 6.04. The Kier molecular flexibility index (Phi) is 6.36. The van der Waals surface area contributed by atoms with Gasteiger partial charge in [0.2, 0.25) is 0 Å². The largest absolute Gasteiger partial charge is 0.372 e. The van der Waals surface area contributed by atoms with Gasteiger partial charge in [0.1, 0.15) is 5.82 Å². The lowest BCUT2D eigenvalue weighted by atomic mass is 10.1. The summed E-state index contributed by atoms with van der Waals surface area (Å²) in [5.74, 6) is -0.737. The summed E-state index contributed by atoms with van der Waals surface area (Å²) in [6, 6.07) is 13.8. The molecule has 0 radical (unpaired) electrons. The number of anilines is 2. The Balaban J connectivity index is 1.68. The fourth-order valence-corrected chi connectivity index (χ4v) is 3.76. The number of nitrogens with one attached hydrogen (secondary N) is 1. The maximum absolute atomic E-state index is 13.2. The quantitative estimate of drug-likeness (QED) is 0.679. The van der Waals surface area contributed by atoms with E-state index in [2.05, 4.69) is 24.1 Å². The number of carbonyl (C=O) groups excluding carboxylic acids is 2. The van der Waals surface area contributed by atoms with Crippen molar-refractivity contribution in [2.24, 2.45) is 0 Å². The lowest BCUT2D eigenvalue weighted by molar-refractivity contribution is -0.122. The van der Waals surface area contributed by atoms with Crippen molar-refractivity contribution in [1.29, 1.82) is 0 Å². The zero-order chi connectivity index (χ0) is 20.1. The molecule has 146 valence electrons. The van der Waals surface area contributed by atoms with Gasteiger partial charge in [-0.1, -0.05) is 18.2 Å². The first-order valence-corrected chi connectivity index (χ1v) is 9.93. The molecule has 1 fully saturated rings. The summed E-state index contributed by atoms with van der Waals surface area (Å²) in [6.07, 6.45) is 1.72. The molecule has 1 saturated heterocycles. The molecular formula is C21H22FN3O2S. The van der Waals surface area contributed by atoms with Gasteiger partial charge in [-0.2, -0.15) is 0 Å². The highest BCUT2D eigenvalue weighted by molar-refractivity contribution is 8.18. The molecule has 5 nitrogen and oxygen atoms in total. The fraction of sp³-hybridized carbons (Fsp3) is 0.238. The summed E-state index contributed by atoms with van der Waals surface area (Å²) in [4.78, 5) is 28.5. The second kappa shape index (κ2) is 8.93. The van der Waals surface area contributed by atoms with Crippen LogP contribution in [-0.4, -0.2) is 35.8 Å². The van der Waals surface area contributed by atoms with E-state index in [1.165, 1.54) is 12.1 Å². The van der Waals surface area contributed by atoms with E-state index in [1.54, 1.807) is 18.2 Å². The van der Waals surface area contributed by atoms with Gasteiger partial charge in [-0.15, -0.1) is 0 Å². The summed E-state index contributed by atoms with van der Waals surface area (Å²) in [5, 5.41) is 2.56. The van der Waals surface area contributed by atoms with E-state index < -0.39 is 0 Å². The summed E-state index contributed by atoms with van der Waals surface area (Å²) in [7, 11) is 0. The molecule has 3 rings (SSSR count). The lowest BCUT2D eigenvalue weighted by Crippen LogP contribution is -2.33. The summed E-state index contributed by atoms with van der Waals surface area (Å²) >= 11 is 0.908. The standard InChI is InChI=1S/C21H22FN3O2S/c1-3-24(4-2)18-10-8-15(9-11-18)12-19-20(26)25(21(27)28-19)14-23-17-7-5-6-16(22)13-17/h5-13,23H,3-4,14H2,1-2H3/b19-12+. The molecule has 0 aromatic heterocycles. The number of thioether (sulfide) groups is 1. The average Bonchev–Trinajstić information content (AvgIpc) is 2.95. The first kappa shape index (κ1) is 19.9. The molecule has 1 N–H and O–H groups in total. The molecule has 28 heavy (non-hydrogen) atoms. The van der Waals surface area contributed by atoms with E-state index in [0.717, 1.165) is 41.0 Å². The minimum Gasteiger partial charge on any atom is -0.372 e. The second-order valence-corrected chi connectivity index (χ2v) is 7.21. The summed E-state index contributed by atoms with van der Waals surface area (Å²) in [5.41, 5.74) is 2.49. The average molecular weight is 399 g/mol. The molecule has 2 aromatic carbocycles. The first-order valence-electron chi connectivity index (χ1n) is 9.11. The lowest BCUT2D eigenvalue weighted by Gasteiger charge is -2.20. The molecule has 0 unspecified atom stereocenters. The number of rotatable bonds is 7. The number of hydrogen-bond acceptors (Lipinski definition) is 5. The van der Waals surface area contributed by atoms with Crippen LogP contribution in [0.5, 0.6) is 0 Å². The molecule has 1 aliphatic rings. The highest BCUT2D eigenvalue weighted by Gasteiger charge is 2.34. The predicted octanol–water partition coefficient (Wildman–Crippen LogP) is 4.78. The Bertz CT molecular complexity index is 895. The van der Waals surface area contributed by atoms with Crippen molar-refractivity contribution in [3.63, 3.8) is 0 Å². The van der Waals surface area contributed by atoms with Crippen LogP contribution in [0.1, 0.15) is 19.4 Å². The minimum atomic E-state index is -0.382. The SMILES string of the molecule is CCN(CC)c1ccc(/C=C2/SC(=O)N(CNc3cccc(F)c3)C2=O)cc1. The van der Waals surface area contributed by atoms with Crippen molar-refractivity contribution in [2.75, 3.05) is 30.0 Å². The molecule has 0 bridgehead atoms. The number of imide groups is 1. The Morgan fingerprint density at radius 1 is 1.11 bits per heavy atom. The molecule has 0 aliphatic carbocycles. The number of hydrogen-bond donors (Lipinski definition) is 1. The highest BCUT2D eigenvalue weighted by atomic mass is 32.2. The molecular weight excluding hydrogens is 377 g/mol. The highest BCUT2D eigenvalue weighted by Crippen LogP contribution is 2.32. The molecule has 0 atom stereocenters. The van der Waals surface area contributed by atoms with Crippen molar-refractivity contribution in [1.82, 2.24) is 4.90 Å². The van der Waals surface area contributed by atoms with Crippen LogP contribution in [0.15, 0.2) is 53.4 Å². The van der Waals surface area contributed by atoms with Crippen molar-refractivity contribution in [2.45, 2.75) is 13.8 Å². The van der Waals surface area contributed by atoms with Crippen LogP contribution in [0.2, 0.25) is 0 Å². The zero-order valence-electron chi connectivity index (χ0n) is 15.8. The topological polar surface area (TPSA) is 52.7 Å². The van der Waals surface area contributed by atoms with Crippen LogP contribution in [0.3, 0.4) is 0 Å². The Morgan fingerprint density at radius 2 is 1.82 bits per heavy atom. The van der Waals surface area contributed by atoms with Crippen LogP contribution in [0.4, 0.5) is 20.6 Å². The van der Waals surface area contributed by atoms with Crippen molar-refractivity contribution < 1.29 is 14.0 Å². The van der Waals surface area contributed by atoms with E-state index in [9.17, 15) is 14.0 Å².